The van der Waals surface area contributed by atoms with Crippen molar-refractivity contribution in [1.82, 2.24) is 14.8 Å². The second kappa shape index (κ2) is 6.70. The van der Waals surface area contributed by atoms with Crippen LogP contribution >= 0.6 is 0 Å². The Kier molecular flexibility index (Phi) is 4.95. The van der Waals surface area contributed by atoms with E-state index in [4.69, 9.17) is 0 Å². The molecule has 0 atom stereocenters. The van der Waals surface area contributed by atoms with Crippen LogP contribution in [-0.2, 0) is 0 Å². The van der Waals surface area contributed by atoms with Crippen molar-refractivity contribution in [3.8, 4) is 0 Å². The van der Waals surface area contributed by atoms with Gasteiger partial charge in [-0.05, 0) is 51.0 Å². The Morgan fingerprint density at radius 3 is 2.85 bits per heavy atom. The van der Waals surface area contributed by atoms with Gasteiger partial charge in [0.1, 0.15) is 5.82 Å². The van der Waals surface area contributed by atoms with Gasteiger partial charge in [-0.1, -0.05) is 0 Å². The van der Waals surface area contributed by atoms with Crippen LogP contribution in [0, 0.1) is 5.92 Å². The number of nitrogens with one attached hydrogen (secondary N) is 1. The normalized spacial score (nSPS) is 16.9. The van der Waals surface area contributed by atoms with Crippen LogP contribution in [0.2, 0.25) is 0 Å². The van der Waals surface area contributed by atoms with Gasteiger partial charge in [0.05, 0.1) is 0 Å². The fraction of sp³-hybridized carbons (Fsp3) is 0.600. The van der Waals surface area contributed by atoms with Crippen molar-refractivity contribution in [3.63, 3.8) is 0 Å². The molecule has 1 aliphatic heterocycles. The molecule has 110 valence electrons. The molecule has 1 aromatic rings. The Hall–Kier alpha value is -1.62. The number of hydrogen-bond acceptors (Lipinski definition) is 4. The predicted octanol–water partition coefficient (Wildman–Crippen LogP) is 1.54. The van der Waals surface area contributed by atoms with Gasteiger partial charge in [-0.25, -0.2) is 4.98 Å². The number of aromatic nitrogens is 1. The first kappa shape index (κ1) is 14.8. The summed E-state index contributed by atoms with van der Waals surface area (Å²) in [4.78, 5) is 20.7. The number of rotatable bonds is 4. The average Bonchev–Trinajstić information content (AvgIpc) is 2.48. The monoisotopic (exact) mass is 276 g/mol. The van der Waals surface area contributed by atoms with Crippen LogP contribution in [0.25, 0.3) is 0 Å². The molecule has 20 heavy (non-hydrogen) atoms. The fourth-order valence-electron chi connectivity index (χ4n) is 2.64. The standard InChI is InChI=1S/C15H24N4O/c1-16-14-10-13(4-7-17-14)15(20)19(3)11-12-5-8-18(2)9-6-12/h4,7,10,12H,5-6,8-9,11H2,1-3H3,(H,16,17). The second-order valence-corrected chi connectivity index (χ2v) is 5.61. The summed E-state index contributed by atoms with van der Waals surface area (Å²) in [5.74, 6) is 1.41. The van der Waals surface area contributed by atoms with Gasteiger partial charge < -0.3 is 15.1 Å². The van der Waals surface area contributed by atoms with Crippen molar-refractivity contribution >= 4 is 11.7 Å². The van der Waals surface area contributed by atoms with Gasteiger partial charge in [-0.2, -0.15) is 0 Å². The maximum absolute atomic E-state index is 12.4. The lowest BCUT2D eigenvalue weighted by Gasteiger charge is -2.31. The molecule has 1 amide bonds. The third-order valence-corrected chi connectivity index (χ3v) is 3.98. The number of pyridine rings is 1. The highest BCUT2D eigenvalue weighted by Gasteiger charge is 2.21. The molecule has 0 aliphatic carbocycles. The Morgan fingerprint density at radius 1 is 1.50 bits per heavy atom. The molecule has 1 N–H and O–H groups in total. The highest BCUT2D eigenvalue weighted by Crippen LogP contribution is 2.18. The number of nitrogens with zero attached hydrogens (tertiary/aromatic N) is 3. The summed E-state index contributed by atoms with van der Waals surface area (Å²) in [6.07, 6.45) is 4.01. The summed E-state index contributed by atoms with van der Waals surface area (Å²) in [7, 11) is 5.85. The van der Waals surface area contributed by atoms with E-state index in [2.05, 4.69) is 22.2 Å². The summed E-state index contributed by atoms with van der Waals surface area (Å²) < 4.78 is 0. The van der Waals surface area contributed by atoms with E-state index in [1.54, 1.807) is 25.4 Å². The molecule has 1 aromatic heterocycles. The quantitative estimate of drug-likeness (QED) is 0.906. The molecule has 0 aromatic carbocycles. The Labute approximate surface area is 121 Å². The summed E-state index contributed by atoms with van der Waals surface area (Å²) >= 11 is 0. The molecular formula is C15H24N4O. The van der Waals surface area contributed by atoms with E-state index in [-0.39, 0.29) is 5.91 Å². The first-order valence-electron chi connectivity index (χ1n) is 7.18. The van der Waals surface area contributed by atoms with Crippen LogP contribution in [0.1, 0.15) is 23.2 Å². The Balaban J connectivity index is 1.94. The molecule has 5 heteroatoms. The molecule has 0 saturated carbocycles. The number of piperidine rings is 1. The van der Waals surface area contributed by atoms with Gasteiger partial charge in [0.15, 0.2) is 0 Å². The minimum atomic E-state index is 0.0721. The van der Waals surface area contributed by atoms with Crippen LogP contribution in [-0.4, -0.2) is 61.5 Å². The van der Waals surface area contributed by atoms with E-state index >= 15 is 0 Å². The SMILES string of the molecule is CNc1cc(C(=O)N(C)CC2CCN(C)CC2)ccn1. The molecule has 0 spiro atoms. The van der Waals surface area contributed by atoms with Gasteiger partial charge >= 0.3 is 0 Å². The number of carbonyl (C=O) groups is 1. The molecular weight excluding hydrogens is 252 g/mol. The summed E-state index contributed by atoms with van der Waals surface area (Å²) in [5, 5.41) is 2.96. The van der Waals surface area contributed by atoms with Gasteiger partial charge in [0.25, 0.3) is 5.91 Å². The first-order chi connectivity index (χ1) is 9.60. The molecule has 2 rings (SSSR count). The van der Waals surface area contributed by atoms with E-state index in [1.807, 2.05) is 11.9 Å². The molecule has 1 saturated heterocycles. The van der Waals surface area contributed by atoms with Crippen molar-refractivity contribution in [1.29, 1.82) is 0 Å². The summed E-state index contributed by atoms with van der Waals surface area (Å²) in [6.45, 7) is 3.10. The minimum absolute atomic E-state index is 0.0721. The van der Waals surface area contributed by atoms with Gasteiger partial charge in [0.2, 0.25) is 0 Å². The Bertz CT molecular complexity index is 455. The zero-order valence-corrected chi connectivity index (χ0v) is 12.6. The van der Waals surface area contributed by atoms with Crippen molar-refractivity contribution in [3.05, 3.63) is 23.9 Å². The smallest absolute Gasteiger partial charge is 0.253 e. The maximum atomic E-state index is 12.4. The van der Waals surface area contributed by atoms with Crippen molar-refractivity contribution in [2.45, 2.75) is 12.8 Å². The van der Waals surface area contributed by atoms with E-state index in [0.29, 0.717) is 11.5 Å². The Morgan fingerprint density at radius 2 is 2.20 bits per heavy atom. The lowest BCUT2D eigenvalue weighted by atomic mass is 9.96. The van der Waals surface area contributed by atoms with Crippen LogP contribution < -0.4 is 5.32 Å². The lowest BCUT2D eigenvalue weighted by molar-refractivity contribution is 0.0747. The number of hydrogen-bond donors (Lipinski definition) is 1. The van der Waals surface area contributed by atoms with Crippen molar-refractivity contribution in [2.24, 2.45) is 5.92 Å². The van der Waals surface area contributed by atoms with E-state index in [9.17, 15) is 4.79 Å². The number of amides is 1. The number of carbonyl (C=O) groups excluding carboxylic acids is 1. The summed E-state index contributed by atoms with van der Waals surface area (Å²) in [5.41, 5.74) is 0.694. The highest BCUT2D eigenvalue weighted by atomic mass is 16.2. The topological polar surface area (TPSA) is 48.5 Å². The van der Waals surface area contributed by atoms with Gasteiger partial charge in [-0.15, -0.1) is 0 Å². The first-order valence-corrected chi connectivity index (χ1v) is 7.18. The van der Waals surface area contributed by atoms with E-state index in [0.717, 1.165) is 25.5 Å². The predicted molar refractivity (Wildman–Crippen MR) is 81.0 cm³/mol. The molecule has 1 fully saturated rings. The zero-order valence-electron chi connectivity index (χ0n) is 12.6. The summed E-state index contributed by atoms with van der Waals surface area (Å²) in [6, 6.07) is 3.57. The molecule has 0 radical (unpaired) electrons. The zero-order chi connectivity index (χ0) is 14.5. The molecule has 0 unspecified atom stereocenters. The van der Waals surface area contributed by atoms with Crippen LogP contribution in [0.15, 0.2) is 18.3 Å². The molecule has 5 nitrogen and oxygen atoms in total. The highest BCUT2D eigenvalue weighted by molar-refractivity contribution is 5.94. The van der Waals surface area contributed by atoms with Crippen molar-refractivity contribution < 1.29 is 4.79 Å². The third-order valence-electron chi connectivity index (χ3n) is 3.98. The minimum Gasteiger partial charge on any atom is -0.373 e. The fourth-order valence-corrected chi connectivity index (χ4v) is 2.64. The third kappa shape index (κ3) is 3.70. The van der Waals surface area contributed by atoms with Gasteiger partial charge in [0, 0.05) is 32.4 Å². The number of likely N-dealkylation sites (tertiary alicyclic amines) is 1. The van der Waals surface area contributed by atoms with Gasteiger partial charge in [-0.3, -0.25) is 4.79 Å². The maximum Gasteiger partial charge on any atom is 0.253 e. The second-order valence-electron chi connectivity index (χ2n) is 5.61. The van der Waals surface area contributed by atoms with E-state index in [1.165, 1.54) is 12.8 Å². The molecule has 2 heterocycles. The average molecular weight is 276 g/mol. The molecule has 0 bridgehead atoms. The lowest BCUT2D eigenvalue weighted by Crippen LogP contribution is -2.38. The molecule has 1 aliphatic rings. The van der Waals surface area contributed by atoms with Crippen LogP contribution in [0.5, 0.6) is 0 Å². The number of anilines is 1. The van der Waals surface area contributed by atoms with Crippen molar-refractivity contribution in [2.75, 3.05) is 46.1 Å². The van der Waals surface area contributed by atoms with Crippen LogP contribution in [0.4, 0.5) is 5.82 Å². The van der Waals surface area contributed by atoms with Crippen LogP contribution in [0.3, 0.4) is 0 Å². The largest absolute Gasteiger partial charge is 0.373 e. The van der Waals surface area contributed by atoms with E-state index < -0.39 is 0 Å².